The van der Waals surface area contributed by atoms with E-state index in [2.05, 4.69) is 10.2 Å². The van der Waals surface area contributed by atoms with Crippen molar-refractivity contribution in [1.29, 1.82) is 5.26 Å². The molecule has 0 aliphatic heterocycles. The van der Waals surface area contributed by atoms with Gasteiger partial charge < -0.3 is 0 Å². The van der Waals surface area contributed by atoms with E-state index in [1.165, 1.54) is 25.2 Å². The molecule has 3 rings (SSSR count). The van der Waals surface area contributed by atoms with Crippen LogP contribution in [0.1, 0.15) is 31.0 Å². The molecule has 1 aromatic carbocycles. The van der Waals surface area contributed by atoms with Crippen molar-refractivity contribution >= 4 is 34.0 Å². The lowest BCUT2D eigenvalue weighted by molar-refractivity contribution is 0.626. The van der Waals surface area contributed by atoms with Gasteiger partial charge in [0.1, 0.15) is 16.9 Å². The molecule has 0 aliphatic carbocycles. The molecule has 10 nitrogen and oxygen atoms in total. The summed E-state index contributed by atoms with van der Waals surface area (Å²) in [5, 5.41) is 16.6. The van der Waals surface area contributed by atoms with Crippen molar-refractivity contribution in [3.8, 4) is 11.8 Å². The maximum atomic E-state index is 13.2. The van der Waals surface area contributed by atoms with Crippen LogP contribution in [-0.4, -0.2) is 28.8 Å². The summed E-state index contributed by atoms with van der Waals surface area (Å²) in [7, 11) is -0.501. The minimum Gasteiger partial charge on any atom is -0.270 e. The van der Waals surface area contributed by atoms with Gasteiger partial charge >= 0.3 is 5.69 Å². The van der Waals surface area contributed by atoms with E-state index in [1.54, 1.807) is 6.07 Å². The molecule has 0 spiro atoms. The number of H-pyrrole nitrogens is 1. The van der Waals surface area contributed by atoms with Crippen LogP contribution in [0.2, 0.25) is 10.0 Å². The third-order valence-electron chi connectivity index (χ3n) is 4.23. The van der Waals surface area contributed by atoms with Crippen LogP contribution >= 0.6 is 23.2 Å². The highest BCUT2D eigenvalue weighted by Crippen LogP contribution is 2.33. The number of halogens is 2. The van der Waals surface area contributed by atoms with Gasteiger partial charge in [0.15, 0.2) is 5.03 Å². The van der Waals surface area contributed by atoms with Gasteiger partial charge in [-0.15, -0.1) is 5.10 Å². The average Bonchev–Trinajstić information content (AvgIpc) is 2.69. The van der Waals surface area contributed by atoms with Gasteiger partial charge in [-0.3, -0.25) is 14.6 Å². The summed E-state index contributed by atoms with van der Waals surface area (Å²) >= 11 is 12.6. The Morgan fingerprint density at radius 3 is 2.29 bits per heavy atom. The normalized spacial score (nSPS) is 12.0. The molecule has 31 heavy (non-hydrogen) atoms. The molecule has 0 fully saturated rings. The molecule has 0 aliphatic rings. The Bertz CT molecular complexity index is 1430. The fourth-order valence-corrected chi connectivity index (χ4v) is 4.71. The van der Waals surface area contributed by atoms with Crippen molar-refractivity contribution in [3.63, 3.8) is 0 Å². The Morgan fingerprint density at radius 2 is 1.74 bits per heavy atom. The first kappa shape index (κ1) is 22.6. The van der Waals surface area contributed by atoms with Crippen LogP contribution < -0.4 is 16.8 Å². The van der Waals surface area contributed by atoms with E-state index in [1.807, 2.05) is 18.8 Å². The Morgan fingerprint density at radius 1 is 1.13 bits per heavy atom. The van der Waals surface area contributed by atoms with Crippen LogP contribution in [0.5, 0.6) is 0 Å². The molecule has 3 aromatic rings. The first-order valence-electron chi connectivity index (χ1n) is 8.68. The van der Waals surface area contributed by atoms with Gasteiger partial charge in [-0.2, -0.15) is 15.0 Å². The van der Waals surface area contributed by atoms with E-state index >= 15 is 0 Å². The lowest BCUT2D eigenvalue weighted by atomic mass is 10.1. The van der Waals surface area contributed by atoms with Crippen LogP contribution in [0, 0.1) is 11.3 Å². The Kier molecular flexibility index (Phi) is 6.26. The smallest absolute Gasteiger partial charge is 0.270 e. The maximum Gasteiger partial charge on any atom is 0.349 e. The van der Waals surface area contributed by atoms with Crippen LogP contribution in [-0.2, 0) is 17.8 Å². The molecule has 1 atom stereocenters. The van der Waals surface area contributed by atoms with E-state index in [4.69, 9.17) is 28.5 Å². The molecule has 2 aromatic heterocycles. The van der Waals surface area contributed by atoms with Gasteiger partial charge in [0, 0.05) is 12.6 Å². The Hall–Kier alpha value is -3.07. The number of hydrogen-bond donors (Lipinski definition) is 1. The van der Waals surface area contributed by atoms with Crippen molar-refractivity contribution in [2.45, 2.75) is 29.7 Å². The minimum absolute atomic E-state index is 0.0194. The van der Waals surface area contributed by atoms with E-state index < -0.39 is 27.7 Å². The monoisotopic (exact) mass is 480 g/mol. The highest BCUT2D eigenvalue weighted by atomic mass is 35.5. The van der Waals surface area contributed by atoms with Gasteiger partial charge in [0.25, 0.3) is 11.1 Å². The van der Waals surface area contributed by atoms with Gasteiger partial charge in [-0.1, -0.05) is 37.0 Å². The van der Waals surface area contributed by atoms with Gasteiger partial charge in [-0.05, 0) is 24.1 Å². The molecule has 160 valence electrons. The zero-order chi connectivity index (χ0) is 23.0. The Balaban J connectivity index is 2.16. The average molecular weight is 481 g/mol. The summed E-state index contributed by atoms with van der Waals surface area (Å²) in [6, 6.07) is 5.54. The number of nitrogens with zero attached hydrogens (tertiary/aromatic N) is 5. The van der Waals surface area contributed by atoms with Crippen molar-refractivity contribution < 1.29 is 4.21 Å². The number of aromatic amines is 1. The minimum atomic E-state index is -1.95. The first-order chi connectivity index (χ1) is 14.5. The molecule has 2 heterocycles. The molecular formula is C18H14Cl2N6O4S. The number of rotatable bonds is 4. The summed E-state index contributed by atoms with van der Waals surface area (Å²) in [5.41, 5.74) is -2.20. The third kappa shape index (κ3) is 4.23. The van der Waals surface area contributed by atoms with Crippen LogP contribution in [0.25, 0.3) is 5.69 Å². The quantitative estimate of drug-likeness (QED) is 0.595. The molecule has 0 amide bonds. The van der Waals surface area contributed by atoms with Crippen LogP contribution in [0.3, 0.4) is 0 Å². The number of hydrogen-bond acceptors (Lipinski definition) is 7. The molecule has 13 heteroatoms. The summed E-state index contributed by atoms with van der Waals surface area (Å²) in [4.78, 5) is 37.8. The highest BCUT2D eigenvalue weighted by Gasteiger charge is 2.22. The van der Waals surface area contributed by atoms with Crippen LogP contribution in [0.15, 0.2) is 42.5 Å². The number of nitrogens with one attached hydrogen (secondary N) is 1. The lowest BCUT2D eigenvalue weighted by Gasteiger charge is -2.12. The zero-order valence-electron chi connectivity index (χ0n) is 16.3. The van der Waals surface area contributed by atoms with Crippen molar-refractivity contribution in [3.05, 3.63) is 70.7 Å². The number of aromatic nitrogens is 5. The van der Waals surface area contributed by atoms with Crippen molar-refractivity contribution in [1.82, 2.24) is 24.5 Å². The first-order valence-corrected chi connectivity index (χ1v) is 10.6. The number of nitriles is 1. The fourth-order valence-electron chi connectivity index (χ4n) is 2.71. The van der Waals surface area contributed by atoms with Gasteiger partial charge in [0.05, 0.1) is 20.6 Å². The van der Waals surface area contributed by atoms with E-state index in [0.717, 1.165) is 9.36 Å². The summed E-state index contributed by atoms with van der Waals surface area (Å²) < 4.78 is 15.0. The fraction of sp³-hybridized carbons (Fsp3) is 0.222. The summed E-state index contributed by atoms with van der Waals surface area (Å²) in [6.45, 7) is 3.64. The van der Waals surface area contributed by atoms with Gasteiger partial charge in [0.2, 0.25) is 5.69 Å². The second-order valence-corrected chi connectivity index (χ2v) is 8.84. The topological polar surface area (TPSA) is 143 Å². The van der Waals surface area contributed by atoms with E-state index in [-0.39, 0.29) is 37.1 Å². The standard InChI is InChI=1S/C18H14Cl2N6O4S/c1-8(2)10-6-14(24-25(3)17(10)28)31(30)15-11(19)4-9(5-12(15)20)26-18(29)22-16(27)13(7-21)23-26/h4-6,8H,1-3H3,(H,22,27,29). The third-order valence-corrected chi connectivity index (χ3v) is 6.44. The molecule has 0 saturated heterocycles. The predicted molar refractivity (Wildman–Crippen MR) is 113 cm³/mol. The molecule has 1 N–H and O–H groups in total. The van der Waals surface area contributed by atoms with E-state index in [0.29, 0.717) is 5.56 Å². The van der Waals surface area contributed by atoms with Crippen molar-refractivity contribution in [2.75, 3.05) is 0 Å². The largest absolute Gasteiger partial charge is 0.349 e. The highest BCUT2D eigenvalue weighted by molar-refractivity contribution is 7.85. The number of benzene rings is 1. The molecule has 0 bridgehead atoms. The van der Waals surface area contributed by atoms with Gasteiger partial charge in [-0.25, -0.2) is 13.7 Å². The Labute approximate surface area is 187 Å². The van der Waals surface area contributed by atoms with E-state index in [9.17, 15) is 18.6 Å². The molecular weight excluding hydrogens is 467 g/mol. The lowest BCUT2D eigenvalue weighted by Crippen LogP contribution is -2.33. The predicted octanol–water partition coefficient (Wildman–Crippen LogP) is 1.48. The van der Waals surface area contributed by atoms with Crippen LogP contribution in [0.4, 0.5) is 0 Å². The molecule has 1 unspecified atom stereocenters. The maximum absolute atomic E-state index is 13.2. The molecule has 0 radical (unpaired) electrons. The SMILES string of the molecule is CC(C)c1cc(S(=O)c2c(Cl)cc(-n3nc(C#N)c(=O)[nH]c3=O)cc2Cl)nn(C)c1=O. The molecule has 0 saturated carbocycles. The second kappa shape index (κ2) is 8.58. The summed E-state index contributed by atoms with van der Waals surface area (Å²) in [5.74, 6) is -0.127. The van der Waals surface area contributed by atoms with Crippen molar-refractivity contribution in [2.24, 2.45) is 7.05 Å². The number of aryl methyl sites for hydroxylation is 1. The summed E-state index contributed by atoms with van der Waals surface area (Å²) in [6.07, 6.45) is 0. The zero-order valence-corrected chi connectivity index (χ0v) is 18.7. The second-order valence-electron chi connectivity index (χ2n) is 6.66.